The van der Waals surface area contributed by atoms with Crippen LogP contribution in [0.25, 0.3) is 0 Å². The molecule has 1 heterocycles. The zero-order chi connectivity index (χ0) is 21.3. The second-order valence-electron chi connectivity index (χ2n) is 7.14. The summed E-state index contributed by atoms with van der Waals surface area (Å²) in [7, 11) is -1.85. The zero-order valence-electron chi connectivity index (χ0n) is 16.3. The third-order valence-electron chi connectivity index (χ3n) is 4.71. The number of nitrogens with one attached hydrogen (secondary N) is 1. The third-order valence-corrected chi connectivity index (χ3v) is 6.31. The monoisotopic (exact) mass is 435 g/mol. The molecule has 29 heavy (non-hydrogen) atoms. The molecule has 7 nitrogen and oxygen atoms in total. The number of anilines is 2. The summed E-state index contributed by atoms with van der Waals surface area (Å²) in [6, 6.07) is 11.6. The lowest BCUT2D eigenvalue weighted by Crippen LogP contribution is -2.35. The van der Waals surface area contributed by atoms with Crippen LogP contribution in [-0.4, -0.2) is 51.0 Å². The molecular formula is C20H22ClN3O4S. The molecule has 2 aromatic carbocycles. The summed E-state index contributed by atoms with van der Waals surface area (Å²) in [6.45, 7) is 1.68. The Balaban J connectivity index is 1.72. The van der Waals surface area contributed by atoms with Gasteiger partial charge in [0.1, 0.15) is 0 Å². The highest BCUT2D eigenvalue weighted by molar-refractivity contribution is 7.92. The number of para-hydroxylation sites is 1. The highest BCUT2D eigenvalue weighted by Gasteiger charge is 2.33. The standard InChI is InChI=1S/C20H22ClN3O4S/c1-13-10-15-11-14(8-9-18(15)24(13)29(3,27)28)20(26)23(2)12-19(25)22-17-7-5-4-6-16(17)21/h4-9,11,13H,10,12H2,1-3H3,(H,22,25). The van der Waals surface area contributed by atoms with Gasteiger partial charge in [-0.2, -0.15) is 0 Å². The number of carbonyl (C=O) groups excluding carboxylic acids is 2. The summed E-state index contributed by atoms with van der Waals surface area (Å²) in [5, 5.41) is 3.09. The van der Waals surface area contributed by atoms with Crippen molar-refractivity contribution < 1.29 is 18.0 Å². The molecule has 9 heteroatoms. The fraction of sp³-hybridized carbons (Fsp3) is 0.300. The van der Waals surface area contributed by atoms with E-state index in [0.717, 1.165) is 5.56 Å². The molecule has 0 spiro atoms. The summed E-state index contributed by atoms with van der Waals surface area (Å²) in [5.74, 6) is -0.695. The number of likely N-dealkylation sites (N-methyl/N-ethyl adjacent to an activating group) is 1. The molecule has 0 aromatic heterocycles. The van der Waals surface area contributed by atoms with Crippen LogP contribution in [0.3, 0.4) is 0 Å². The molecule has 0 bridgehead atoms. The first kappa shape index (κ1) is 21.1. The van der Waals surface area contributed by atoms with Gasteiger partial charge in [0.25, 0.3) is 5.91 Å². The number of rotatable bonds is 5. The number of carbonyl (C=O) groups is 2. The maximum atomic E-state index is 12.7. The quantitative estimate of drug-likeness (QED) is 0.782. The SMILES string of the molecule is CC1Cc2cc(C(=O)N(C)CC(=O)Nc3ccccc3Cl)ccc2N1S(C)(=O)=O. The average molecular weight is 436 g/mol. The van der Waals surface area contributed by atoms with Crippen molar-refractivity contribution in [2.24, 2.45) is 0 Å². The van der Waals surface area contributed by atoms with E-state index in [2.05, 4.69) is 5.32 Å². The van der Waals surface area contributed by atoms with Crippen LogP contribution >= 0.6 is 11.6 Å². The molecule has 0 saturated heterocycles. The number of sulfonamides is 1. The van der Waals surface area contributed by atoms with E-state index in [9.17, 15) is 18.0 Å². The highest BCUT2D eigenvalue weighted by atomic mass is 35.5. The Kier molecular flexibility index (Phi) is 5.86. The maximum Gasteiger partial charge on any atom is 0.254 e. The number of hydrogen-bond donors (Lipinski definition) is 1. The summed E-state index contributed by atoms with van der Waals surface area (Å²) in [4.78, 5) is 26.3. The van der Waals surface area contributed by atoms with Gasteiger partial charge in [0.05, 0.1) is 29.2 Å². The van der Waals surface area contributed by atoms with E-state index in [0.29, 0.717) is 28.4 Å². The van der Waals surface area contributed by atoms with Crippen molar-refractivity contribution in [1.82, 2.24) is 4.90 Å². The Labute approximate surface area is 175 Å². The molecule has 1 aliphatic heterocycles. The van der Waals surface area contributed by atoms with Gasteiger partial charge in [-0.3, -0.25) is 13.9 Å². The number of amides is 2. The maximum absolute atomic E-state index is 12.7. The first-order valence-corrected chi connectivity index (χ1v) is 11.2. The predicted molar refractivity (Wildman–Crippen MR) is 114 cm³/mol. The molecule has 0 aliphatic carbocycles. The minimum atomic E-state index is -3.39. The number of halogens is 1. The molecule has 2 aromatic rings. The number of hydrogen-bond acceptors (Lipinski definition) is 4. The average Bonchev–Trinajstić information content (AvgIpc) is 2.97. The van der Waals surface area contributed by atoms with Gasteiger partial charge in [-0.05, 0) is 49.2 Å². The second-order valence-corrected chi connectivity index (χ2v) is 9.41. The molecule has 2 amide bonds. The second kappa shape index (κ2) is 8.04. The van der Waals surface area contributed by atoms with Gasteiger partial charge >= 0.3 is 0 Å². The van der Waals surface area contributed by atoms with Crippen LogP contribution in [0, 0.1) is 0 Å². The lowest BCUT2D eigenvalue weighted by molar-refractivity contribution is -0.116. The van der Waals surface area contributed by atoms with E-state index >= 15 is 0 Å². The molecule has 0 fully saturated rings. The van der Waals surface area contributed by atoms with Crippen molar-refractivity contribution >= 4 is 44.8 Å². The van der Waals surface area contributed by atoms with Gasteiger partial charge in [0.2, 0.25) is 15.9 Å². The molecular weight excluding hydrogens is 414 g/mol. The van der Waals surface area contributed by atoms with E-state index in [1.165, 1.54) is 22.5 Å². The van der Waals surface area contributed by atoms with Crippen LogP contribution in [0.2, 0.25) is 5.02 Å². The Bertz CT molecular complexity index is 1070. The molecule has 1 aliphatic rings. The van der Waals surface area contributed by atoms with E-state index in [4.69, 9.17) is 11.6 Å². The van der Waals surface area contributed by atoms with Gasteiger partial charge in [-0.15, -0.1) is 0 Å². The lowest BCUT2D eigenvalue weighted by atomic mass is 10.1. The zero-order valence-corrected chi connectivity index (χ0v) is 17.9. The van der Waals surface area contributed by atoms with E-state index < -0.39 is 10.0 Å². The van der Waals surface area contributed by atoms with E-state index in [1.807, 2.05) is 6.92 Å². The van der Waals surface area contributed by atoms with Gasteiger partial charge < -0.3 is 10.2 Å². The van der Waals surface area contributed by atoms with Crippen LogP contribution in [0.15, 0.2) is 42.5 Å². The van der Waals surface area contributed by atoms with Crippen molar-refractivity contribution in [3.8, 4) is 0 Å². The van der Waals surface area contributed by atoms with Crippen LogP contribution in [0.5, 0.6) is 0 Å². The molecule has 0 saturated carbocycles. The van der Waals surface area contributed by atoms with Crippen LogP contribution in [-0.2, 0) is 21.2 Å². The normalized spacial score (nSPS) is 15.7. The van der Waals surface area contributed by atoms with Crippen LogP contribution in [0.4, 0.5) is 11.4 Å². The van der Waals surface area contributed by atoms with Crippen molar-refractivity contribution in [1.29, 1.82) is 0 Å². The van der Waals surface area contributed by atoms with Crippen molar-refractivity contribution in [2.45, 2.75) is 19.4 Å². The van der Waals surface area contributed by atoms with Gasteiger partial charge in [0.15, 0.2) is 0 Å². The molecule has 0 radical (unpaired) electrons. The lowest BCUT2D eigenvalue weighted by Gasteiger charge is -2.22. The number of fused-ring (bicyclic) bond motifs is 1. The number of nitrogens with zero attached hydrogens (tertiary/aromatic N) is 2. The summed E-state index contributed by atoms with van der Waals surface area (Å²) >= 11 is 6.03. The predicted octanol–water partition coefficient (Wildman–Crippen LogP) is 2.76. The summed E-state index contributed by atoms with van der Waals surface area (Å²) in [6.07, 6.45) is 1.70. The fourth-order valence-corrected chi connectivity index (χ4v) is 4.95. The van der Waals surface area contributed by atoms with Crippen molar-refractivity contribution in [3.63, 3.8) is 0 Å². The summed E-state index contributed by atoms with van der Waals surface area (Å²) < 4.78 is 25.4. The van der Waals surface area contributed by atoms with Gasteiger partial charge in [0, 0.05) is 18.7 Å². The Morgan fingerprint density at radius 3 is 2.59 bits per heavy atom. The Morgan fingerprint density at radius 2 is 1.93 bits per heavy atom. The molecule has 1 N–H and O–H groups in total. The molecule has 1 atom stereocenters. The largest absolute Gasteiger partial charge is 0.332 e. The number of benzene rings is 2. The Morgan fingerprint density at radius 1 is 1.24 bits per heavy atom. The van der Waals surface area contributed by atoms with Crippen LogP contribution < -0.4 is 9.62 Å². The van der Waals surface area contributed by atoms with Crippen molar-refractivity contribution in [2.75, 3.05) is 29.5 Å². The molecule has 154 valence electrons. The molecule has 1 unspecified atom stereocenters. The first-order chi connectivity index (χ1) is 13.6. The minimum Gasteiger partial charge on any atom is -0.332 e. The topological polar surface area (TPSA) is 86.8 Å². The first-order valence-electron chi connectivity index (χ1n) is 9.00. The highest BCUT2D eigenvalue weighted by Crippen LogP contribution is 2.34. The fourth-order valence-electron chi connectivity index (χ4n) is 3.50. The van der Waals surface area contributed by atoms with E-state index in [1.54, 1.807) is 42.5 Å². The Hall–Kier alpha value is -2.58. The smallest absolute Gasteiger partial charge is 0.254 e. The van der Waals surface area contributed by atoms with Gasteiger partial charge in [-0.1, -0.05) is 23.7 Å². The molecule has 3 rings (SSSR count). The van der Waals surface area contributed by atoms with Crippen molar-refractivity contribution in [3.05, 3.63) is 58.6 Å². The van der Waals surface area contributed by atoms with E-state index in [-0.39, 0.29) is 24.4 Å². The summed E-state index contributed by atoms with van der Waals surface area (Å²) in [5.41, 5.74) is 2.27. The van der Waals surface area contributed by atoms with Gasteiger partial charge in [-0.25, -0.2) is 8.42 Å². The van der Waals surface area contributed by atoms with Crippen LogP contribution in [0.1, 0.15) is 22.8 Å². The minimum absolute atomic E-state index is 0.146. The third kappa shape index (κ3) is 4.54.